The number of rotatable bonds is 5. The number of halogens is 1. The van der Waals surface area contributed by atoms with Crippen LogP contribution in [0.15, 0.2) is 48.7 Å². The van der Waals surface area contributed by atoms with Crippen LogP contribution >= 0.6 is 0 Å². The number of aliphatic hydroxyl groups excluding tert-OH is 1. The summed E-state index contributed by atoms with van der Waals surface area (Å²) in [7, 11) is 0. The molecule has 3 N–H and O–H groups in total. The van der Waals surface area contributed by atoms with Crippen molar-refractivity contribution in [2.75, 3.05) is 18.5 Å². The largest absolute Gasteiger partial charge is 0.396 e. The number of hydrogen-bond acceptors (Lipinski definition) is 3. The number of nitrogens with one attached hydrogen (secondary N) is 2. The Balaban J connectivity index is 1.86. The molecule has 0 saturated heterocycles. The van der Waals surface area contributed by atoms with Gasteiger partial charge in [0.25, 0.3) is 0 Å². The van der Waals surface area contributed by atoms with Gasteiger partial charge in [-0.15, -0.1) is 0 Å². The fourth-order valence-corrected chi connectivity index (χ4v) is 1.84. The summed E-state index contributed by atoms with van der Waals surface area (Å²) >= 11 is 0. The molecular formula is C15H16FN3O2. The van der Waals surface area contributed by atoms with E-state index in [2.05, 4.69) is 15.6 Å². The molecule has 0 aliphatic rings. The zero-order valence-electron chi connectivity index (χ0n) is 11.3. The minimum absolute atomic E-state index is 0.0703. The van der Waals surface area contributed by atoms with E-state index in [1.54, 1.807) is 0 Å². The molecule has 0 spiro atoms. The number of pyridine rings is 1. The Morgan fingerprint density at radius 3 is 2.62 bits per heavy atom. The summed E-state index contributed by atoms with van der Waals surface area (Å²) < 4.78 is 12.7. The Morgan fingerprint density at radius 1 is 1.24 bits per heavy atom. The number of aromatic nitrogens is 1. The number of amides is 2. The molecule has 5 nitrogen and oxygen atoms in total. The zero-order chi connectivity index (χ0) is 15.1. The molecule has 0 aliphatic heterocycles. The molecule has 0 saturated carbocycles. The van der Waals surface area contributed by atoms with Crippen molar-refractivity contribution < 1.29 is 14.3 Å². The fourth-order valence-electron chi connectivity index (χ4n) is 1.84. The fraction of sp³-hybridized carbons (Fsp3) is 0.200. The summed E-state index contributed by atoms with van der Waals surface area (Å²) in [4.78, 5) is 15.4. The molecule has 2 amide bonds. The maximum absolute atomic E-state index is 12.7. The summed E-state index contributed by atoms with van der Waals surface area (Å²) in [6.45, 7) is 0.215. The Morgan fingerprint density at radius 2 is 2.00 bits per heavy atom. The highest BCUT2D eigenvalue weighted by Crippen LogP contribution is 2.13. The zero-order valence-corrected chi connectivity index (χ0v) is 11.3. The van der Waals surface area contributed by atoms with Crippen molar-refractivity contribution >= 4 is 11.8 Å². The highest BCUT2D eigenvalue weighted by molar-refractivity contribution is 5.88. The van der Waals surface area contributed by atoms with Crippen LogP contribution < -0.4 is 10.6 Å². The second-order valence-electron chi connectivity index (χ2n) is 4.49. The molecule has 1 aromatic heterocycles. The van der Waals surface area contributed by atoms with E-state index in [-0.39, 0.29) is 24.9 Å². The molecule has 2 rings (SSSR count). The van der Waals surface area contributed by atoms with Gasteiger partial charge < -0.3 is 10.4 Å². The average Bonchev–Trinajstić information content (AvgIpc) is 2.51. The number of urea groups is 1. The lowest BCUT2D eigenvalue weighted by molar-refractivity contribution is 0.243. The van der Waals surface area contributed by atoms with Crippen molar-refractivity contribution in [3.8, 4) is 0 Å². The van der Waals surface area contributed by atoms with Gasteiger partial charge in [-0.05, 0) is 17.7 Å². The van der Waals surface area contributed by atoms with Gasteiger partial charge in [-0.3, -0.25) is 5.32 Å². The third-order valence-electron chi connectivity index (χ3n) is 2.97. The summed E-state index contributed by atoms with van der Waals surface area (Å²) in [6.07, 6.45) is 1.02. The van der Waals surface area contributed by atoms with Gasteiger partial charge in [0.2, 0.25) is 0 Å². The van der Waals surface area contributed by atoms with Crippen LogP contribution in [0.1, 0.15) is 11.5 Å². The smallest absolute Gasteiger partial charge is 0.320 e. The number of nitrogens with zero attached hydrogens (tertiary/aromatic N) is 1. The standard InChI is InChI=1S/C15H16FN3O2/c16-13-6-7-14(17-9-13)19-15(21)18-8-12(10-20)11-4-2-1-3-5-11/h1-7,9,12,20H,8,10H2,(H2,17,18,19,21). The van der Waals surface area contributed by atoms with Crippen LogP contribution in [0.4, 0.5) is 15.0 Å². The number of aliphatic hydroxyl groups is 1. The van der Waals surface area contributed by atoms with Crippen LogP contribution in [-0.2, 0) is 0 Å². The molecule has 110 valence electrons. The lowest BCUT2D eigenvalue weighted by Gasteiger charge is -2.15. The van der Waals surface area contributed by atoms with Crippen LogP contribution in [0.25, 0.3) is 0 Å². The summed E-state index contributed by atoms with van der Waals surface area (Å²) in [5.41, 5.74) is 0.945. The van der Waals surface area contributed by atoms with E-state index in [4.69, 9.17) is 0 Å². The van der Waals surface area contributed by atoms with E-state index >= 15 is 0 Å². The molecule has 0 bridgehead atoms. The van der Waals surface area contributed by atoms with Crippen molar-refractivity contribution in [2.24, 2.45) is 0 Å². The first-order valence-electron chi connectivity index (χ1n) is 6.51. The van der Waals surface area contributed by atoms with E-state index < -0.39 is 11.8 Å². The van der Waals surface area contributed by atoms with Gasteiger partial charge in [0.05, 0.1) is 12.8 Å². The number of anilines is 1. The van der Waals surface area contributed by atoms with Gasteiger partial charge in [0.15, 0.2) is 0 Å². The highest BCUT2D eigenvalue weighted by atomic mass is 19.1. The number of carbonyl (C=O) groups excluding carboxylic acids is 1. The highest BCUT2D eigenvalue weighted by Gasteiger charge is 2.11. The van der Waals surface area contributed by atoms with Crippen molar-refractivity contribution in [1.82, 2.24) is 10.3 Å². The lowest BCUT2D eigenvalue weighted by Crippen LogP contribution is -2.33. The van der Waals surface area contributed by atoms with Gasteiger partial charge in [-0.2, -0.15) is 0 Å². The second-order valence-corrected chi connectivity index (χ2v) is 4.49. The normalized spacial score (nSPS) is 11.7. The van der Waals surface area contributed by atoms with E-state index in [0.29, 0.717) is 0 Å². The molecule has 6 heteroatoms. The molecule has 1 heterocycles. The summed E-state index contributed by atoms with van der Waals surface area (Å²) in [5.74, 6) is -0.391. The monoisotopic (exact) mass is 289 g/mol. The van der Waals surface area contributed by atoms with Gasteiger partial charge in [0.1, 0.15) is 11.6 Å². The van der Waals surface area contributed by atoms with Crippen molar-refractivity contribution in [2.45, 2.75) is 5.92 Å². The van der Waals surface area contributed by atoms with Gasteiger partial charge in [-0.25, -0.2) is 14.2 Å². The van der Waals surface area contributed by atoms with E-state index in [1.807, 2.05) is 30.3 Å². The van der Waals surface area contributed by atoms with Gasteiger partial charge in [-0.1, -0.05) is 30.3 Å². The maximum atomic E-state index is 12.7. The third-order valence-corrected chi connectivity index (χ3v) is 2.97. The van der Waals surface area contributed by atoms with Crippen LogP contribution in [-0.4, -0.2) is 29.3 Å². The predicted molar refractivity (Wildman–Crippen MR) is 77.5 cm³/mol. The van der Waals surface area contributed by atoms with E-state index in [9.17, 15) is 14.3 Å². The predicted octanol–water partition coefficient (Wildman–Crippen LogP) is 2.12. The molecular weight excluding hydrogens is 273 g/mol. The number of carbonyl (C=O) groups is 1. The average molecular weight is 289 g/mol. The maximum Gasteiger partial charge on any atom is 0.320 e. The van der Waals surface area contributed by atoms with E-state index in [0.717, 1.165) is 11.8 Å². The van der Waals surface area contributed by atoms with Gasteiger partial charge >= 0.3 is 6.03 Å². The van der Waals surface area contributed by atoms with Gasteiger partial charge in [0, 0.05) is 12.5 Å². The molecule has 0 fully saturated rings. The van der Waals surface area contributed by atoms with Crippen molar-refractivity contribution in [3.05, 3.63) is 60.0 Å². The van der Waals surface area contributed by atoms with Crippen LogP contribution in [0, 0.1) is 5.82 Å². The molecule has 1 atom stereocenters. The first kappa shape index (κ1) is 14.9. The van der Waals surface area contributed by atoms with Crippen LogP contribution in [0.2, 0.25) is 0 Å². The first-order valence-corrected chi connectivity index (χ1v) is 6.51. The minimum atomic E-state index is -0.467. The first-order chi connectivity index (χ1) is 10.2. The molecule has 1 unspecified atom stereocenters. The van der Waals surface area contributed by atoms with Crippen LogP contribution in [0.5, 0.6) is 0 Å². The molecule has 21 heavy (non-hydrogen) atoms. The SMILES string of the molecule is O=C(NCC(CO)c1ccccc1)Nc1ccc(F)cn1. The third kappa shape index (κ3) is 4.54. The Labute approximate surface area is 121 Å². The Kier molecular flexibility index (Phi) is 5.22. The van der Waals surface area contributed by atoms with Crippen LogP contribution in [0.3, 0.4) is 0 Å². The number of hydrogen-bond donors (Lipinski definition) is 3. The molecule has 0 radical (unpaired) electrons. The molecule has 2 aromatic rings. The van der Waals surface area contributed by atoms with Crippen molar-refractivity contribution in [3.63, 3.8) is 0 Å². The van der Waals surface area contributed by atoms with Crippen molar-refractivity contribution in [1.29, 1.82) is 0 Å². The lowest BCUT2D eigenvalue weighted by atomic mass is 10.0. The Bertz CT molecular complexity index is 575. The minimum Gasteiger partial charge on any atom is -0.396 e. The summed E-state index contributed by atoms with van der Waals surface area (Å²) in [6, 6.07) is 11.5. The topological polar surface area (TPSA) is 74.2 Å². The van der Waals surface area contributed by atoms with E-state index in [1.165, 1.54) is 12.1 Å². The summed E-state index contributed by atoms with van der Waals surface area (Å²) in [5, 5.41) is 14.5. The second kappa shape index (κ2) is 7.35. The molecule has 0 aliphatic carbocycles. The molecule has 1 aromatic carbocycles. The quantitative estimate of drug-likeness (QED) is 0.789. The number of benzene rings is 1. The Hall–Kier alpha value is -2.47.